The molecule has 0 aliphatic carbocycles. The van der Waals surface area contributed by atoms with E-state index in [9.17, 15) is 0 Å². The lowest BCUT2D eigenvalue weighted by Gasteiger charge is -2.18. The van der Waals surface area contributed by atoms with E-state index in [1.165, 1.54) is 63.4 Å². The SMILES string of the molecule is C/C=C/c1ccc(CCCC)c(CCCC)c1CCCC. The number of aryl methyl sites for hydroxylation is 1. The Labute approximate surface area is 132 Å². The van der Waals surface area contributed by atoms with Gasteiger partial charge in [-0.1, -0.05) is 64.3 Å². The summed E-state index contributed by atoms with van der Waals surface area (Å²) in [6, 6.07) is 4.75. The van der Waals surface area contributed by atoms with Crippen molar-refractivity contribution in [2.24, 2.45) is 0 Å². The Bertz CT molecular complexity index is 426. The van der Waals surface area contributed by atoms with Gasteiger partial charge in [0.15, 0.2) is 0 Å². The molecule has 0 bridgehead atoms. The molecule has 0 amide bonds. The van der Waals surface area contributed by atoms with E-state index in [0.717, 1.165) is 0 Å². The lowest BCUT2D eigenvalue weighted by atomic mass is 9.87. The Morgan fingerprint density at radius 2 is 1.33 bits per heavy atom. The largest absolute Gasteiger partial charge is 0.0871 e. The summed E-state index contributed by atoms with van der Waals surface area (Å²) in [7, 11) is 0. The van der Waals surface area contributed by atoms with Crippen LogP contribution in [0.25, 0.3) is 6.08 Å². The zero-order chi connectivity index (χ0) is 15.5. The topological polar surface area (TPSA) is 0 Å². The molecule has 1 aromatic carbocycles. The summed E-state index contributed by atoms with van der Waals surface area (Å²) in [5.74, 6) is 0. The van der Waals surface area contributed by atoms with E-state index >= 15 is 0 Å². The third-order valence-electron chi connectivity index (χ3n) is 4.27. The molecule has 118 valence electrons. The second-order valence-corrected chi connectivity index (χ2v) is 6.08. The van der Waals surface area contributed by atoms with Gasteiger partial charge in [0.1, 0.15) is 0 Å². The minimum absolute atomic E-state index is 1.25. The number of hydrogen-bond acceptors (Lipinski definition) is 0. The number of rotatable bonds is 10. The van der Waals surface area contributed by atoms with Crippen molar-refractivity contribution in [2.45, 2.75) is 85.5 Å². The van der Waals surface area contributed by atoms with Crippen molar-refractivity contribution in [2.75, 3.05) is 0 Å². The second-order valence-electron chi connectivity index (χ2n) is 6.08. The zero-order valence-corrected chi connectivity index (χ0v) is 14.7. The molecule has 0 aliphatic heterocycles. The van der Waals surface area contributed by atoms with Crippen molar-refractivity contribution in [3.8, 4) is 0 Å². The van der Waals surface area contributed by atoms with E-state index in [-0.39, 0.29) is 0 Å². The van der Waals surface area contributed by atoms with Crippen LogP contribution in [-0.4, -0.2) is 0 Å². The maximum absolute atomic E-state index is 2.39. The van der Waals surface area contributed by atoms with Gasteiger partial charge in [-0.05, 0) is 67.7 Å². The van der Waals surface area contributed by atoms with Gasteiger partial charge in [0, 0.05) is 0 Å². The molecule has 0 atom stereocenters. The van der Waals surface area contributed by atoms with Crippen LogP contribution in [0.15, 0.2) is 18.2 Å². The lowest BCUT2D eigenvalue weighted by Crippen LogP contribution is -2.04. The summed E-state index contributed by atoms with van der Waals surface area (Å²) in [6.07, 6.45) is 16.0. The summed E-state index contributed by atoms with van der Waals surface area (Å²) in [5.41, 5.74) is 6.38. The summed E-state index contributed by atoms with van der Waals surface area (Å²) in [5, 5.41) is 0. The van der Waals surface area contributed by atoms with E-state index in [4.69, 9.17) is 0 Å². The molecule has 0 radical (unpaired) electrons. The fourth-order valence-electron chi connectivity index (χ4n) is 3.01. The van der Waals surface area contributed by atoms with E-state index in [0.29, 0.717) is 0 Å². The van der Waals surface area contributed by atoms with Crippen LogP contribution in [0.5, 0.6) is 0 Å². The van der Waals surface area contributed by atoms with Gasteiger partial charge in [-0.15, -0.1) is 0 Å². The summed E-state index contributed by atoms with van der Waals surface area (Å²) < 4.78 is 0. The first-order valence-electron chi connectivity index (χ1n) is 9.04. The van der Waals surface area contributed by atoms with Crippen LogP contribution in [0.4, 0.5) is 0 Å². The minimum Gasteiger partial charge on any atom is -0.0871 e. The molecule has 0 fully saturated rings. The van der Waals surface area contributed by atoms with Crippen LogP contribution >= 0.6 is 0 Å². The summed E-state index contributed by atoms with van der Waals surface area (Å²) in [6.45, 7) is 9.01. The first kappa shape index (κ1) is 18.0. The molecule has 0 N–H and O–H groups in total. The first-order valence-corrected chi connectivity index (χ1v) is 9.04. The van der Waals surface area contributed by atoms with E-state index in [1.54, 1.807) is 16.7 Å². The Hall–Kier alpha value is -1.04. The molecule has 0 aromatic heterocycles. The molecule has 0 saturated carbocycles. The number of allylic oxidation sites excluding steroid dienone is 1. The van der Waals surface area contributed by atoms with Crippen molar-refractivity contribution in [1.29, 1.82) is 0 Å². The van der Waals surface area contributed by atoms with Crippen LogP contribution in [0.2, 0.25) is 0 Å². The molecule has 0 aliphatic rings. The Morgan fingerprint density at radius 1 is 0.762 bits per heavy atom. The minimum atomic E-state index is 1.25. The summed E-state index contributed by atoms with van der Waals surface area (Å²) in [4.78, 5) is 0. The lowest BCUT2D eigenvalue weighted by molar-refractivity contribution is 0.734. The molecule has 1 rings (SSSR count). The molecule has 0 unspecified atom stereocenters. The van der Waals surface area contributed by atoms with Crippen LogP contribution in [0.1, 0.15) is 88.5 Å². The zero-order valence-electron chi connectivity index (χ0n) is 14.7. The number of hydrogen-bond donors (Lipinski definition) is 0. The highest BCUT2D eigenvalue weighted by molar-refractivity contribution is 5.58. The third kappa shape index (κ3) is 5.69. The molecule has 0 saturated heterocycles. The van der Waals surface area contributed by atoms with Gasteiger partial charge in [0.05, 0.1) is 0 Å². The standard InChI is InChI=1S/C21H34/c1-5-9-13-19-17-16-18(12-8-4)20(14-10-6-2)21(19)15-11-7-3/h8,12,16-17H,5-7,9-11,13-15H2,1-4H3/b12-8+. The maximum Gasteiger partial charge on any atom is -0.0225 e. The normalized spacial score (nSPS) is 11.4. The van der Waals surface area contributed by atoms with Crippen LogP contribution < -0.4 is 0 Å². The molecular weight excluding hydrogens is 252 g/mol. The fourth-order valence-corrected chi connectivity index (χ4v) is 3.01. The van der Waals surface area contributed by atoms with Gasteiger partial charge in [-0.25, -0.2) is 0 Å². The van der Waals surface area contributed by atoms with Gasteiger partial charge in [-0.2, -0.15) is 0 Å². The van der Waals surface area contributed by atoms with Crippen LogP contribution in [0, 0.1) is 0 Å². The molecule has 21 heavy (non-hydrogen) atoms. The van der Waals surface area contributed by atoms with Crippen LogP contribution in [0.3, 0.4) is 0 Å². The predicted octanol–water partition coefficient (Wildman–Crippen LogP) is 6.75. The predicted molar refractivity (Wildman–Crippen MR) is 97.0 cm³/mol. The molecular formula is C21H34. The monoisotopic (exact) mass is 286 g/mol. The number of unbranched alkanes of at least 4 members (excludes halogenated alkanes) is 3. The number of benzene rings is 1. The average Bonchev–Trinajstić information content (AvgIpc) is 2.50. The van der Waals surface area contributed by atoms with Crippen molar-refractivity contribution < 1.29 is 0 Å². The quantitative estimate of drug-likeness (QED) is 0.446. The summed E-state index contributed by atoms with van der Waals surface area (Å²) >= 11 is 0. The van der Waals surface area contributed by atoms with Gasteiger partial charge < -0.3 is 0 Å². The highest BCUT2D eigenvalue weighted by Crippen LogP contribution is 2.26. The smallest absolute Gasteiger partial charge is 0.0225 e. The van der Waals surface area contributed by atoms with Gasteiger partial charge in [0.2, 0.25) is 0 Å². The Kier molecular flexibility index (Phi) is 9.14. The van der Waals surface area contributed by atoms with Crippen LogP contribution in [-0.2, 0) is 19.3 Å². The fraction of sp³-hybridized carbons (Fsp3) is 0.619. The van der Waals surface area contributed by atoms with Crippen molar-refractivity contribution in [3.05, 3.63) is 40.5 Å². The van der Waals surface area contributed by atoms with E-state index < -0.39 is 0 Å². The van der Waals surface area contributed by atoms with E-state index in [2.05, 4.69) is 52.0 Å². The van der Waals surface area contributed by atoms with Crippen molar-refractivity contribution >= 4 is 6.08 Å². The average molecular weight is 287 g/mol. The van der Waals surface area contributed by atoms with Gasteiger partial charge >= 0.3 is 0 Å². The molecule has 0 spiro atoms. The first-order chi connectivity index (χ1) is 10.3. The maximum atomic E-state index is 2.39. The highest BCUT2D eigenvalue weighted by atomic mass is 14.2. The van der Waals surface area contributed by atoms with E-state index in [1.807, 2.05) is 0 Å². The van der Waals surface area contributed by atoms with Crippen molar-refractivity contribution in [3.63, 3.8) is 0 Å². The highest BCUT2D eigenvalue weighted by Gasteiger charge is 2.11. The second kappa shape index (κ2) is 10.7. The van der Waals surface area contributed by atoms with Gasteiger partial charge in [-0.3, -0.25) is 0 Å². The van der Waals surface area contributed by atoms with Crippen molar-refractivity contribution in [1.82, 2.24) is 0 Å². The molecule has 1 aromatic rings. The Balaban J connectivity index is 3.18. The van der Waals surface area contributed by atoms with Gasteiger partial charge in [0.25, 0.3) is 0 Å². The Morgan fingerprint density at radius 3 is 1.90 bits per heavy atom. The third-order valence-corrected chi connectivity index (χ3v) is 4.27. The molecule has 0 heteroatoms. The molecule has 0 nitrogen and oxygen atoms in total. The molecule has 0 heterocycles.